The minimum Gasteiger partial charge on any atom is -0.343 e. The van der Waals surface area contributed by atoms with Crippen LogP contribution in [0.1, 0.15) is 71.5 Å². The Bertz CT molecular complexity index is 649. The Kier molecular flexibility index (Phi) is 4.30. The molecule has 1 N–H and O–H groups in total. The van der Waals surface area contributed by atoms with Gasteiger partial charge in [0.25, 0.3) is 0 Å². The highest BCUT2D eigenvalue weighted by atomic mass is 16.5. The van der Waals surface area contributed by atoms with E-state index in [1.165, 1.54) is 12.0 Å². The van der Waals surface area contributed by atoms with Crippen molar-refractivity contribution in [3.05, 3.63) is 23.4 Å². The van der Waals surface area contributed by atoms with Gasteiger partial charge in [0.15, 0.2) is 5.82 Å². The van der Waals surface area contributed by atoms with E-state index < -0.39 is 5.54 Å². The van der Waals surface area contributed by atoms with Crippen molar-refractivity contribution in [2.75, 3.05) is 0 Å². The average Bonchev–Trinajstić information content (AvgIpc) is 2.83. The molecule has 2 fully saturated rings. The lowest BCUT2D eigenvalue weighted by atomic mass is 9.80. The number of nitrogens with zero attached hydrogens (tertiary/aromatic N) is 2. The quantitative estimate of drug-likeness (QED) is 0.850. The van der Waals surface area contributed by atoms with Crippen molar-refractivity contribution in [2.45, 2.75) is 72.3 Å². The first-order valence-corrected chi connectivity index (χ1v) is 9.04. The lowest BCUT2D eigenvalue weighted by Crippen LogP contribution is -2.49. The maximum atomic E-state index is 13.0. The van der Waals surface area contributed by atoms with Crippen molar-refractivity contribution in [3.63, 3.8) is 0 Å². The summed E-state index contributed by atoms with van der Waals surface area (Å²) in [5.74, 6) is 1.67. The van der Waals surface area contributed by atoms with Crippen LogP contribution in [-0.2, 0) is 10.3 Å². The normalized spacial score (nSPS) is 27.4. The van der Waals surface area contributed by atoms with Crippen LogP contribution >= 0.6 is 0 Å². The van der Waals surface area contributed by atoms with Crippen LogP contribution in [0.4, 0.5) is 0 Å². The summed E-state index contributed by atoms with van der Waals surface area (Å²) in [5, 5.41) is 7.47. The zero-order valence-electron chi connectivity index (χ0n) is 15.5. The lowest BCUT2D eigenvalue weighted by molar-refractivity contribution is -0.125. The van der Waals surface area contributed by atoms with Crippen LogP contribution < -0.4 is 5.32 Å². The van der Waals surface area contributed by atoms with Gasteiger partial charge in [-0.15, -0.1) is 0 Å². The molecule has 0 aliphatic heterocycles. The third-order valence-corrected chi connectivity index (χ3v) is 5.73. The minimum absolute atomic E-state index is 0.0182. The molecule has 0 saturated heterocycles. The van der Waals surface area contributed by atoms with E-state index in [9.17, 15) is 4.79 Å². The van der Waals surface area contributed by atoms with E-state index in [-0.39, 0.29) is 17.2 Å². The second-order valence-corrected chi connectivity index (χ2v) is 8.34. The predicted molar refractivity (Wildman–Crippen MR) is 92.1 cm³/mol. The number of hydrogen-bond donors (Lipinski definition) is 1. The zero-order valence-corrected chi connectivity index (χ0v) is 15.5. The van der Waals surface area contributed by atoms with Crippen molar-refractivity contribution in [1.29, 1.82) is 0 Å². The van der Waals surface area contributed by atoms with E-state index in [4.69, 9.17) is 4.52 Å². The second kappa shape index (κ2) is 6.01. The van der Waals surface area contributed by atoms with E-state index in [2.05, 4.69) is 49.2 Å². The molecular weight excluding hydrogens is 302 g/mol. The molecule has 0 unspecified atom stereocenters. The highest BCUT2D eigenvalue weighted by Crippen LogP contribution is 2.59. The fourth-order valence-electron chi connectivity index (χ4n) is 4.22. The minimum atomic E-state index is -0.457. The molecule has 2 atom stereocenters. The number of allylic oxidation sites excluding steroid dienone is 2. The van der Waals surface area contributed by atoms with Gasteiger partial charge in [0.1, 0.15) is 5.54 Å². The molecule has 3 rings (SSSR count). The maximum absolute atomic E-state index is 13.0. The monoisotopic (exact) mass is 331 g/mol. The SMILES string of the molecule is CC(C)=C[C@H]1[C@H](C(=O)NC2(c3noc(C)n3)CCCCC2)C1(C)C. The van der Waals surface area contributed by atoms with E-state index >= 15 is 0 Å². The third-order valence-electron chi connectivity index (χ3n) is 5.73. The molecule has 1 amide bonds. The van der Waals surface area contributed by atoms with Crippen molar-refractivity contribution in [3.8, 4) is 0 Å². The molecule has 2 aliphatic rings. The van der Waals surface area contributed by atoms with Crippen LogP contribution in [0.5, 0.6) is 0 Å². The highest BCUT2D eigenvalue weighted by Gasteiger charge is 2.61. The number of hydrogen-bond acceptors (Lipinski definition) is 4. The predicted octanol–water partition coefficient (Wildman–Crippen LogP) is 3.89. The Balaban J connectivity index is 1.81. The first-order valence-electron chi connectivity index (χ1n) is 9.04. The topological polar surface area (TPSA) is 68.0 Å². The fraction of sp³-hybridized carbons (Fsp3) is 0.737. The maximum Gasteiger partial charge on any atom is 0.225 e. The van der Waals surface area contributed by atoms with Crippen molar-refractivity contribution in [1.82, 2.24) is 15.5 Å². The van der Waals surface area contributed by atoms with E-state index in [0.29, 0.717) is 17.6 Å². The molecule has 0 aromatic carbocycles. The number of amides is 1. The Morgan fingerprint density at radius 2 is 1.92 bits per heavy atom. The van der Waals surface area contributed by atoms with Gasteiger partial charge in [-0.3, -0.25) is 4.79 Å². The van der Waals surface area contributed by atoms with E-state index in [1.807, 2.05) is 0 Å². The molecule has 1 aromatic heterocycles. The summed E-state index contributed by atoms with van der Waals surface area (Å²) in [6.45, 7) is 10.3. The summed E-state index contributed by atoms with van der Waals surface area (Å²) in [6, 6.07) is 0. The van der Waals surface area contributed by atoms with Crippen molar-refractivity contribution >= 4 is 5.91 Å². The van der Waals surface area contributed by atoms with Gasteiger partial charge in [-0.05, 0) is 38.0 Å². The van der Waals surface area contributed by atoms with Gasteiger partial charge in [-0.25, -0.2) is 0 Å². The summed E-state index contributed by atoms with van der Waals surface area (Å²) >= 11 is 0. The number of rotatable bonds is 4. The van der Waals surface area contributed by atoms with Crippen molar-refractivity contribution in [2.24, 2.45) is 17.3 Å². The lowest BCUT2D eigenvalue weighted by Gasteiger charge is -2.35. The largest absolute Gasteiger partial charge is 0.343 e. The van der Waals surface area contributed by atoms with Gasteiger partial charge in [0.05, 0.1) is 5.92 Å². The van der Waals surface area contributed by atoms with Gasteiger partial charge in [-0.2, -0.15) is 4.98 Å². The van der Waals surface area contributed by atoms with Gasteiger partial charge in [0, 0.05) is 6.92 Å². The molecule has 2 saturated carbocycles. The van der Waals surface area contributed by atoms with E-state index in [1.54, 1.807) is 6.92 Å². The summed E-state index contributed by atoms with van der Waals surface area (Å²) in [4.78, 5) is 17.5. The zero-order chi connectivity index (χ0) is 17.5. The van der Waals surface area contributed by atoms with Crippen LogP contribution in [0.3, 0.4) is 0 Å². The van der Waals surface area contributed by atoms with E-state index in [0.717, 1.165) is 25.7 Å². The number of aromatic nitrogens is 2. The number of carbonyl (C=O) groups is 1. The Labute approximate surface area is 144 Å². The number of carbonyl (C=O) groups excluding carboxylic acids is 1. The molecule has 2 aliphatic carbocycles. The summed E-state index contributed by atoms with van der Waals surface area (Å²) in [6.07, 6.45) is 7.37. The Hall–Kier alpha value is -1.65. The first-order chi connectivity index (χ1) is 11.3. The molecule has 5 heteroatoms. The smallest absolute Gasteiger partial charge is 0.225 e. The number of nitrogens with one attached hydrogen (secondary N) is 1. The molecule has 1 aromatic rings. The first kappa shape index (κ1) is 17.2. The van der Waals surface area contributed by atoms with Crippen LogP contribution in [0.15, 0.2) is 16.2 Å². The average molecular weight is 331 g/mol. The molecule has 0 spiro atoms. The highest BCUT2D eigenvalue weighted by molar-refractivity contribution is 5.84. The molecule has 1 heterocycles. The Morgan fingerprint density at radius 3 is 2.46 bits per heavy atom. The van der Waals surface area contributed by atoms with Gasteiger partial charge in [0.2, 0.25) is 11.8 Å². The standard InChI is InChI=1S/C19H29N3O2/c1-12(2)11-14-15(18(14,4)5)16(23)21-19(9-7-6-8-10-19)17-20-13(3)24-22-17/h11,14-15H,6-10H2,1-5H3,(H,21,23)/t14-,15+/m0/s1. The summed E-state index contributed by atoms with van der Waals surface area (Å²) in [5.41, 5.74) is 0.829. The third kappa shape index (κ3) is 3.01. The molecule has 0 radical (unpaired) electrons. The van der Waals surface area contributed by atoms with Crippen LogP contribution in [0, 0.1) is 24.2 Å². The van der Waals surface area contributed by atoms with Crippen LogP contribution in [0.25, 0.3) is 0 Å². The summed E-state index contributed by atoms with van der Waals surface area (Å²) in [7, 11) is 0. The van der Waals surface area contributed by atoms with Gasteiger partial charge in [-0.1, -0.05) is 49.9 Å². The van der Waals surface area contributed by atoms with Crippen molar-refractivity contribution < 1.29 is 9.32 Å². The molecule has 24 heavy (non-hydrogen) atoms. The van der Waals surface area contributed by atoms with Crippen LogP contribution in [0.2, 0.25) is 0 Å². The molecular formula is C19H29N3O2. The van der Waals surface area contributed by atoms with Gasteiger partial charge < -0.3 is 9.84 Å². The van der Waals surface area contributed by atoms with Gasteiger partial charge >= 0.3 is 0 Å². The molecule has 132 valence electrons. The fourth-order valence-corrected chi connectivity index (χ4v) is 4.22. The molecule has 5 nitrogen and oxygen atoms in total. The molecule has 0 bridgehead atoms. The Morgan fingerprint density at radius 1 is 1.25 bits per heavy atom. The second-order valence-electron chi connectivity index (χ2n) is 8.34. The number of aryl methyl sites for hydroxylation is 1. The van der Waals surface area contributed by atoms with Crippen LogP contribution in [-0.4, -0.2) is 16.0 Å². The summed E-state index contributed by atoms with van der Waals surface area (Å²) < 4.78 is 5.19.